The molecule has 0 saturated carbocycles. The Hall–Kier alpha value is -4.57. The average molecular weight is 488 g/mol. The molecule has 4 nitrogen and oxygen atoms in total. The summed E-state index contributed by atoms with van der Waals surface area (Å²) in [5.74, 6) is -0.0282. The van der Waals surface area contributed by atoms with Crippen LogP contribution in [0.4, 0.5) is 0 Å². The lowest BCUT2D eigenvalue weighted by molar-refractivity contribution is -0.132. The third-order valence-electron chi connectivity index (χ3n) is 6.47. The zero-order valence-electron chi connectivity index (χ0n) is 20.8. The van der Waals surface area contributed by atoms with Gasteiger partial charge in [0, 0.05) is 35.6 Å². The van der Waals surface area contributed by atoms with Crippen LogP contribution in [0.15, 0.2) is 115 Å². The van der Waals surface area contributed by atoms with Crippen LogP contribution in [-0.4, -0.2) is 15.6 Å². The number of aliphatic carboxylic acids is 1. The molecule has 1 N–H and O–H groups in total. The van der Waals surface area contributed by atoms with E-state index in [-0.39, 0.29) is 0 Å². The predicted octanol–water partition coefficient (Wildman–Crippen LogP) is 7.81. The summed E-state index contributed by atoms with van der Waals surface area (Å²) in [5, 5.41) is 11.8. The molecule has 0 saturated heterocycles. The Kier molecular flexibility index (Phi) is 7.18. The van der Waals surface area contributed by atoms with Crippen LogP contribution in [0, 0.1) is 0 Å². The first-order valence-corrected chi connectivity index (χ1v) is 12.5. The molecule has 0 spiro atoms. The topological polar surface area (TPSA) is 51.5 Å². The van der Waals surface area contributed by atoms with E-state index in [9.17, 15) is 9.90 Å². The second-order valence-corrected chi connectivity index (χ2v) is 9.11. The van der Waals surface area contributed by atoms with Crippen LogP contribution in [-0.2, 0) is 17.9 Å². The molecule has 0 atom stereocenters. The van der Waals surface area contributed by atoms with Gasteiger partial charge >= 0.3 is 5.97 Å². The Labute approximate surface area is 217 Å². The van der Waals surface area contributed by atoms with Crippen LogP contribution in [0.5, 0.6) is 5.75 Å². The number of hydrogen-bond donors (Lipinski definition) is 1. The fourth-order valence-corrected chi connectivity index (χ4v) is 4.51. The highest BCUT2D eigenvalue weighted by Gasteiger charge is 2.12. The number of aromatic nitrogens is 1. The molecule has 1 heterocycles. The largest absolute Gasteiger partial charge is 0.489 e. The van der Waals surface area contributed by atoms with E-state index in [1.165, 1.54) is 5.56 Å². The van der Waals surface area contributed by atoms with E-state index in [0.717, 1.165) is 38.8 Å². The van der Waals surface area contributed by atoms with E-state index in [0.29, 0.717) is 25.1 Å². The Bertz CT molecular complexity index is 1550. The van der Waals surface area contributed by atoms with Gasteiger partial charge in [-0.05, 0) is 58.2 Å². The van der Waals surface area contributed by atoms with Gasteiger partial charge in [-0.1, -0.05) is 85.8 Å². The van der Waals surface area contributed by atoms with E-state index in [1.54, 1.807) is 6.08 Å². The van der Waals surface area contributed by atoms with Gasteiger partial charge < -0.3 is 14.4 Å². The van der Waals surface area contributed by atoms with Crippen molar-refractivity contribution in [2.45, 2.75) is 26.5 Å². The van der Waals surface area contributed by atoms with Crippen molar-refractivity contribution < 1.29 is 14.6 Å². The third kappa shape index (κ3) is 5.81. The van der Waals surface area contributed by atoms with E-state index in [2.05, 4.69) is 65.4 Å². The maximum absolute atomic E-state index is 11.7. The van der Waals surface area contributed by atoms with Crippen molar-refractivity contribution in [2.24, 2.45) is 0 Å². The first-order valence-electron chi connectivity index (χ1n) is 12.5. The van der Waals surface area contributed by atoms with Crippen molar-refractivity contribution in [1.82, 2.24) is 4.57 Å². The fourth-order valence-electron chi connectivity index (χ4n) is 4.51. The van der Waals surface area contributed by atoms with Gasteiger partial charge in [-0.25, -0.2) is 4.79 Å². The molecule has 0 aliphatic carbocycles. The maximum Gasteiger partial charge on any atom is 0.331 e. The number of carboxylic acid groups (broad SMARTS) is 1. The van der Waals surface area contributed by atoms with Gasteiger partial charge in [0.15, 0.2) is 0 Å². The second-order valence-electron chi connectivity index (χ2n) is 9.11. The van der Waals surface area contributed by atoms with Gasteiger partial charge in [0.2, 0.25) is 0 Å². The molecular formula is C33H29NO3. The van der Waals surface area contributed by atoms with Crippen molar-refractivity contribution in [1.29, 1.82) is 0 Å². The number of benzene rings is 4. The number of nitrogens with zero attached hydrogens (tertiary/aromatic N) is 1. The fraction of sp³-hybridized carbons (Fsp3) is 0.121. The number of carboxylic acids is 1. The SMILES string of the molecule is CCC(=Cc1cn(Cc2ccc3cc(OCc4ccccc4)ccc3c2)cc1-c1ccccc1)C(=O)O. The van der Waals surface area contributed by atoms with Crippen LogP contribution in [0.2, 0.25) is 0 Å². The van der Waals surface area contributed by atoms with Crippen LogP contribution >= 0.6 is 0 Å². The Morgan fingerprint density at radius 1 is 0.838 bits per heavy atom. The standard InChI is InChI=1S/C33H29NO3/c1-2-26(33(35)36)18-30-21-34(22-32(30)27-11-7-4-8-12-27)20-25-13-14-29-19-31(16-15-28(29)17-25)37-23-24-9-5-3-6-10-24/h3-19,21-22H,2,20,23H2,1H3,(H,35,36). The van der Waals surface area contributed by atoms with E-state index in [4.69, 9.17) is 4.74 Å². The third-order valence-corrected chi connectivity index (χ3v) is 6.47. The van der Waals surface area contributed by atoms with Gasteiger partial charge in [0.1, 0.15) is 12.4 Å². The van der Waals surface area contributed by atoms with Crippen molar-refractivity contribution in [3.63, 3.8) is 0 Å². The van der Waals surface area contributed by atoms with Gasteiger partial charge in [0.05, 0.1) is 0 Å². The van der Waals surface area contributed by atoms with Gasteiger partial charge in [0.25, 0.3) is 0 Å². The smallest absolute Gasteiger partial charge is 0.331 e. The Morgan fingerprint density at radius 3 is 2.27 bits per heavy atom. The zero-order valence-corrected chi connectivity index (χ0v) is 20.8. The lowest BCUT2D eigenvalue weighted by Crippen LogP contribution is -1.99. The molecule has 37 heavy (non-hydrogen) atoms. The minimum Gasteiger partial charge on any atom is -0.489 e. The number of rotatable bonds is 9. The summed E-state index contributed by atoms with van der Waals surface area (Å²) in [5.41, 5.74) is 5.70. The molecule has 0 bridgehead atoms. The Morgan fingerprint density at radius 2 is 1.54 bits per heavy atom. The molecule has 0 radical (unpaired) electrons. The number of fused-ring (bicyclic) bond motifs is 1. The van der Waals surface area contributed by atoms with Crippen LogP contribution in [0.3, 0.4) is 0 Å². The van der Waals surface area contributed by atoms with Gasteiger partial charge in [-0.3, -0.25) is 0 Å². The minimum absolute atomic E-state index is 0.394. The molecule has 1 aromatic heterocycles. The van der Waals surface area contributed by atoms with Crippen molar-refractivity contribution in [2.75, 3.05) is 0 Å². The molecule has 184 valence electrons. The lowest BCUT2D eigenvalue weighted by atomic mass is 10.0. The van der Waals surface area contributed by atoms with Gasteiger partial charge in [-0.2, -0.15) is 0 Å². The summed E-state index contributed by atoms with van der Waals surface area (Å²) >= 11 is 0. The molecule has 0 aliphatic heterocycles. The molecule has 5 aromatic rings. The Balaban J connectivity index is 1.39. The summed E-state index contributed by atoms with van der Waals surface area (Å²) in [6.45, 7) is 3.09. The minimum atomic E-state index is -0.879. The second kappa shape index (κ2) is 11.0. The van der Waals surface area contributed by atoms with Crippen LogP contribution < -0.4 is 4.74 Å². The number of hydrogen-bond acceptors (Lipinski definition) is 2. The molecule has 5 rings (SSSR count). The number of carbonyl (C=O) groups is 1. The first kappa shape index (κ1) is 24.1. The molecule has 0 amide bonds. The summed E-state index contributed by atoms with van der Waals surface area (Å²) in [6, 6.07) is 32.9. The molecule has 0 aliphatic rings. The summed E-state index contributed by atoms with van der Waals surface area (Å²) < 4.78 is 8.12. The van der Waals surface area contributed by atoms with E-state index >= 15 is 0 Å². The highest BCUT2D eigenvalue weighted by molar-refractivity contribution is 5.93. The van der Waals surface area contributed by atoms with Crippen molar-refractivity contribution in [3.05, 3.63) is 132 Å². The highest BCUT2D eigenvalue weighted by atomic mass is 16.5. The van der Waals surface area contributed by atoms with E-state index in [1.807, 2.05) is 55.6 Å². The summed E-state index contributed by atoms with van der Waals surface area (Å²) in [7, 11) is 0. The normalized spacial score (nSPS) is 11.5. The summed E-state index contributed by atoms with van der Waals surface area (Å²) in [6.07, 6.45) is 6.39. The van der Waals surface area contributed by atoms with Crippen LogP contribution in [0.1, 0.15) is 30.0 Å². The average Bonchev–Trinajstić information content (AvgIpc) is 3.33. The molecular weight excluding hydrogens is 458 g/mol. The maximum atomic E-state index is 11.7. The summed E-state index contributed by atoms with van der Waals surface area (Å²) in [4.78, 5) is 11.7. The monoisotopic (exact) mass is 487 g/mol. The first-order chi connectivity index (χ1) is 18.1. The highest BCUT2D eigenvalue weighted by Crippen LogP contribution is 2.29. The zero-order chi connectivity index (χ0) is 25.6. The quantitative estimate of drug-likeness (QED) is 0.216. The predicted molar refractivity (Wildman–Crippen MR) is 150 cm³/mol. The van der Waals surface area contributed by atoms with E-state index < -0.39 is 5.97 Å². The van der Waals surface area contributed by atoms with Crippen molar-refractivity contribution in [3.8, 4) is 16.9 Å². The molecule has 0 unspecified atom stereocenters. The van der Waals surface area contributed by atoms with Crippen LogP contribution in [0.25, 0.3) is 28.0 Å². The number of ether oxygens (including phenoxy) is 1. The molecule has 0 fully saturated rings. The molecule has 4 heteroatoms. The van der Waals surface area contributed by atoms with Gasteiger partial charge in [-0.15, -0.1) is 0 Å². The lowest BCUT2D eigenvalue weighted by Gasteiger charge is -2.09. The molecule has 4 aromatic carbocycles. The van der Waals surface area contributed by atoms with Crippen molar-refractivity contribution >= 4 is 22.8 Å².